The van der Waals surface area contributed by atoms with Crippen molar-refractivity contribution in [1.82, 2.24) is 0 Å². The Balaban J connectivity index is 2.52. The zero-order valence-corrected chi connectivity index (χ0v) is 13.8. The predicted molar refractivity (Wildman–Crippen MR) is 83.3 cm³/mol. The molecule has 1 aromatic carbocycles. The van der Waals surface area contributed by atoms with Gasteiger partial charge >= 0.3 is 5.97 Å². The first-order valence-corrected chi connectivity index (χ1v) is 9.55. The maximum Gasteiger partial charge on any atom is 0.342 e. The highest BCUT2D eigenvalue weighted by Gasteiger charge is 2.32. The van der Waals surface area contributed by atoms with E-state index in [1.807, 2.05) is 6.92 Å². The summed E-state index contributed by atoms with van der Waals surface area (Å²) in [7, 11) is 1.64. The largest absolute Gasteiger partial charge is 0.507 e. The summed E-state index contributed by atoms with van der Waals surface area (Å²) in [5.74, 6) is 1.18. The number of carbonyl (C=O) groups is 1. The van der Waals surface area contributed by atoms with Crippen LogP contribution in [0.25, 0.3) is 0 Å². The normalized spacial score (nSPS) is 13.3. The molecule has 1 N–H and O–H groups in total. The third kappa shape index (κ3) is 2.65. The second kappa shape index (κ2) is 6.21. The van der Waals surface area contributed by atoms with Crippen molar-refractivity contribution in [2.75, 3.05) is 12.4 Å². The molecule has 0 atom stereocenters. The third-order valence-electron chi connectivity index (χ3n) is 3.21. The summed E-state index contributed by atoms with van der Waals surface area (Å²) in [6, 6.07) is 0. The average Bonchev–Trinajstić information content (AvgIpc) is 2.78. The first-order chi connectivity index (χ1) is 9.11. The number of carbonyl (C=O) groups excluding carboxylic acids is 1. The fraction of sp³-hybridized carbons (Fsp3) is 0.462. The van der Waals surface area contributed by atoms with Gasteiger partial charge in [-0.2, -0.15) is 0 Å². The van der Waals surface area contributed by atoms with Gasteiger partial charge in [0.15, 0.2) is 0 Å². The molecule has 0 radical (unpaired) electrons. The van der Waals surface area contributed by atoms with Crippen molar-refractivity contribution in [3.8, 4) is 11.5 Å². The summed E-state index contributed by atoms with van der Waals surface area (Å²) in [5, 5.41) is 10.2. The van der Waals surface area contributed by atoms with E-state index in [0.717, 1.165) is 11.3 Å². The summed E-state index contributed by atoms with van der Waals surface area (Å²) < 4.78 is 10.8. The summed E-state index contributed by atoms with van der Waals surface area (Å²) in [6.45, 7) is 4.46. The summed E-state index contributed by atoms with van der Waals surface area (Å²) >= 11 is 2.20. The zero-order valence-electron chi connectivity index (χ0n) is 10.8. The van der Waals surface area contributed by atoms with Crippen LogP contribution in [-0.2, 0) is 17.8 Å². The van der Waals surface area contributed by atoms with Gasteiger partial charge in [0.1, 0.15) is 23.7 Å². The number of cyclic esters (lactones) is 1. The number of benzene rings is 1. The van der Waals surface area contributed by atoms with Crippen LogP contribution in [0.4, 0.5) is 0 Å². The van der Waals surface area contributed by atoms with E-state index in [9.17, 15) is 9.90 Å². The third-order valence-corrected chi connectivity index (χ3v) is 4.85. The zero-order chi connectivity index (χ0) is 14.0. The summed E-state index contributed by atoms with van der Waals surface area (Å²) in [4.78, 5) is 11.9. The van der Waals surface area contributed by atoms with Crippen LogP contribution in [0.2, 0.25) is 0 Å². The lowest BCUT2D eigenvalue weighted by molar-refractivity contribution is 0.0532. The molecule has 0 aliphatic carbocycles. The van der Waals surface area contributed by atoms with Crippen molar-refractivity contribution in [1.29, 1.82) is 0 Å². The SMILES string of the molecule is CCc1c(O)c(C)c2c(c1OCCSI)C(=O)OC2. The molecule has 4 nitrogen and oxygen atoms in total. The van der Waals surface area contributed by atoms with Crippen molar-refractivity contribution in [3.63, 3.8) is 0 Å². The molecule has 6 heteroatoms. The molecule has 0 saturated heterocycles. The fourth-order valence-corrected chi connectivity index (χ4v) is 2.91. The Kier molecular flexibility index (Phi) is 4.83. The first-order valence-electron chi connectivity index (χ1n) is 6.02. The summed E-state index contributed by atoms with van der Waals surface area (Å²) in [5.41, 5.74) is 2.64. The number of fused-ring (bicyclic) bond motifs is 1. The van der Waals surface area contributed by atoms with Gasteiger partial charge in [0.25, 0.3) is 0 Å². The van der Waals surface area contributed by atoms with E-state index in [2.05, 4.69) is 21.2 Å². The monoisotopic (exact) mass is 394 g/mol. The Hall–Kier alpha value is -0.630. The van der Waals surface area contributed by atoms with Crippen molar-refractivity contribution in [3.05, 3.63) is 22.3 Å². The minimum absolute atomic E-state index is 0.217. The highest BCUT2D eigenvalue weighted by Crippen LogP contribution is 2.42. The van der Waals surface area contributed by atoms with Crippen LogP contribution in [0.5, 0.6) is 11.5 Å². The molecule has 0 aromatic heterocycles. The molecule has 19 heavy (non-hydrogen) atoms. The van der Waals surface area contributed by atoms with Gasteiger partial charge in [0.05, 0.1) is 6.61 Å². The van der Waals surface area contributed by atoms with Crippen molar-refractivity contribution >= 4 is 36.1 Å². The van der Waals surface area contributed by atoms with Gasteiger partial charge in [0, 0.05) is 16.9 Å². The highest BCUT2D eigenvalue weighted by molar-refractivity contribution is 14.2. The Labute approximate surface area is 128 Å². The van der Waals surface area contributed by atoms with Crippen LogP contribution in [0.1, 0.15) is 34.0 Å². The topological polar surface area (TPSA) is 55.8 Å². The lowest BCUT2D eigenvalue weighted by Gasteiger charge is -2.16. The maximum absolute atomic E-state index is 11.9. The van der Waals surface area contributed by atoms with Crippen molar-refractivity contribution in [2.24, 2.45) is 0 Å². The predicted octanol–water partition coefficient (Wildman–Crippen LogP) is 3.40. The van der Waals surface area contributed by atoms with Crippen LogP contribution < -0.4 is 4.74 Å². The molecular weight excluding hydrogens is 379 g/mol. The summed E-state index contributed by atoms with van der Waals surface area (Å²) in [6.07, 6.45) is 0.611. The van der Waals surface area contributed by atoms with Crippen molar-refractivity contribution < 1.29 is 19.4 Å². The molecular formula is C13H15IO4S. The van der Waals surface area contributed by atoms with Crippen LogP contribution >= 0.6 is 30.1 Å². The molecule has 0 unspecified atom stereocenters. The van der Waals surface area contributed by atoms with E-state index in [4.69, 9.17) is 9.47 Å². The number of rotatable bonds is 5. The van der Waals surface area contributed by atoms with E-state index in [-0.39, 0.29) is 18.3 Å². The van der Waals surface area contributed by atoms with Gasteiger partial charge in [-0.05, 0) is 40.1 Å². The first kappa shape index (κ1) is 14.8. The molecule has 0 bridgehead atoms. The van der Waals surface area contributed by atoms with E-state index in [1.54, 1.807) is 15.9 Å². The fourth-order valence-electron chi connectivity index (χ4n) is 2.22. The van der Waals surface area contributed by atoms with Crippen molar-refractivity contribution in [2.45, 2.75) is 26.9 Å². The molecule has 1 heterocycles. The Morgan fingerprint density at radius 3 is 2.89 bits per heavy atom. The number of hydrogen-bond acceptors (Lipinski definition) is 5. The molecule has 1 aliphatic heterocycles. The van der Waals surface area contributed by atoms with Crippen LogP contribution in [0.3, 0.4) is 0 Å². The highest BCUT2D eigenvalue weighted by atomic mass is 127. The molecule has 0 amide bonds. The lowest BCUT2D eigenvalue weighted by atomic mass is 9.96. The lowest BCUT2D eigenvalue weighted by Crippen LogP contribution is -2.08. The second-order valence-electron chi connectivity index (χ2n) is 4.23. The number of aromatic hydroxyl groups is 1. The quantitative estimate of drug-likeness (QED) is 0.472. The standard InChI is InChI=1S/C13H15IO4S/c1-3-8-11(15)7(2)9-6-18-13(16)10(9)12(8)17-4-5-19-14/h15H,3-6H2,1-2H3. The minimum Gasteiger partial charge on any atom is -0.507 e. The van der Waals surface area contributed by atoms with Crippen LogP contribution in [0, 0.1) is 6.92 Å². The van der Waals surface area contributed by atoms with E-state index in [1.165, 1.54) is 0 Å². The Morgan fingerprint density at radius 2 is 2.26 bits per heavy atom. The molecule has 0 fully saturated rings. The smallest absolute Gasteiger partial charge is 0.342 e. The Morgan fingerprint density at radius 1 is 1.53 bits per heavy atom. The Bertz CT molecular complexity index is 516. The molecule has 104 valence electrons. The van der Waals surface area contributed by atoms with Gasteiger partial charge in [0.2, 0.25) is 0 Å². The van der Waals surface area contributed by atoms with Gasteiger partial charge in [-0.15, -0.1) is 0 Å². The number of esters is 1. The van der Waals surface area contributed by atoms with E-state index < -0.39 is 0 Å². The number of phenols is 1. The molecule has 2 rings (SSSR count). The minimum atomic E-state index is -0.357. The molecule has 1 aromatic rings. The maximum atomic E-state index is 11.9. The molecule has 0 spiro atoms. The van der Waals surface area contributed by atoms with Crippen LogP contribution in [-0.4, -0.2) is 23.4 Å². The van der Waals surface area contributed by atoms with Crippen LogP contribution in [0.15, 0.2) is 0 Å². The van der Waals surface area contributed by atoms with E-state index in [0.29, 0.717) is 35.5 Å². The van der Waals surface area contributed by atoms with Gasteiger partial charge in [-0.1, -0.05) is 15.9 Å². The number of hydrogen-bond donors (Lipinski definition) is 1. The number of phenolic OH excluding ortho intramolecular Hbond substituents is 1. The number of halogens is 1. The van der Waals surface area contributed by atoms with E-state index >= 15 is 0 Å². The van der Waals surface area contributed by atoms with Gasteiger partial charge < -0.3 is 14.6 Å². The average molecular weight is 394 g/mol. The number of ether oxygens (including phenoxy) is 2. The molecule has 0 saturated carbocycles. The second-order valence-corrected chi connectivity index (χ2v) is 6.72. The molecule has 1 aliphatic rings. The van der Waals surface area contributed by atoms with Gasteiger partial charge in [-0.25, -0.2) is 4.79 Å². The van der Waals surface area contributed by atoms with Gasteiger partial charge in [-0.3, -0.25) is 0 Å².